The van der Waals surface area contributed by atoms with Gasteiger partial charge in [-0.2, -0.15) is 0 Å². The van der Waals surface area contributed by atoms with Crippen LogP contribution in [0.4, 0.5) is 5.69 Å². The second-order valence-corrected chi connectivity index (χ2v) is 9.52. The zero-order chi connectivity index (χ0) is 25.8. The summed E-state index contributed by atoms with van der Waals surface area (Å²) in [6, 6.07) is 17.0. The second kappa shape index (κ2) is 11.1. The third kappa shape index (κ3) is 5.40. The zero-order valence-corrected chi connectivity index (χ0v) is 21.5. The van der Waals surface area contributed by atoms with Crippen LogP contribution in [0.3, 0.4) is 0 Å². The van der Waals surface area contributed by atoms with Gasteiger partial charge in [-0.1, -0.05) is 59.6 Å². The average molecular weight is 525 g/mol. The lowest BCUT2D eigenvalue weighted by molar-refractivity contribution is -0.146. The molecule has 3 aromatic carbocycles. The van der Waals surface area contributed by atoms with Crippen LogP contribution in [-0.2, 0) is 22.4 Å². The summed E-state index contributed by atoms with van der Waals surface area (Å²) in [5.74, 6) is -1.04. The fraction of sp³-hybridized carbons (Fsp3) is 0.250. The maximum Gasteiger partial charge on any atom is 0.328 e. The van der Waals surface area contributed by atoms with Gasteiger partial charge in [0.05, 0.1) is 22.7 Å². The third-order valence-electron chi connectivity index (χ3n) is 6.36. The summed E-state index contributed by atoms with van der Waals surface area (Å²) in [6.07, 6.45) is 1.81. The lowest BCUT2D eigenvalue weighted by Crippen LogP contribution is -2.47. The van der Waals surface area contributed by atoms with Crippen LogP contribution in [0.5, 0.6) is 0 Å². The lowest BCUT2D eigenvalue weighted by Gasteiger charge is -2.29. The van der Waals surface area contributed by atoms with Gasteiger partial charge in [-0.15, -0.1) is 0 Å². The number of aryl methyl sites for hydroxylation is 2. The van der Waals surface area contributed by atoms with Gasteiger partial charge in [0.15, 0.2) is 0 Å². The van der Waals surface area contributed by atoms with E-state index in [4.69, 9.17) is 27.9 Å². The molecule has 0 fully saturated rings. The first-order chi connectivity index (χ1) is 17.3. The molecule has 0 aliphatic carbocycles. The van der Waals surface area contributed by atoms with E-state index in [-0.39, 0.29) is 27.9 Å². The minimum Gasteiger partial charge on any atom is -0.467 e. The molecule has 36 heavy (non-hydrogen) atoms. The summed E-state index contributed by atoms with van der Waals surface area (Å²) in [7, 11) is 1.33. The van der Waals surface area contributed by atoms with E-state index in [0.29, 0.717) is 17.8 Å². The number of hydrogen-bond donors (Lipinski definition) is 1. The van der Waals surface area contributed by atoms with Crippen molar-refractivity contribution >= 4 is 46.7 Å². The number of fused-ring (bicyclic) bond motifs is 1. The van der Waals surface area contributed by atoms with E-state index in [1.165, 1.54) is 7.11 Å². The first kappa shape index (κ1) is 25.7. The molecule has 186 valence electrons. The van der Waals surface area contributed by atoms with Crippen molar-refractivity contribution in [1.29, 1.82) is 0 Å². The normalized spacial score (nSPS) is 14.0. The Labute approximate surface area is 220 Å². The van der Waals surface area contributed by atoms with Gasteiger partial charge < -0.3 is 15.0 Å². The third-order valence-corrected chi connectivity index (χ3v) is 6.99. The van der Waals surface area contributed by atoms with E-state index >= 15 is 0 Å². The highest BCUT2D eigenvalue weighted by Gasteiger charge is 2.34. The van der Waals surface area contributed by atoms with E-state index in [9.17, 15) is 14.4 Å². The Morgan fingerprint density at radius 3 is 2.36 bits per heavy atom. The van der Waals surface area contributed by atoms with Crippen molar-refractivity contribution in [1.82, 2.24) is 4.90 Å². The van der Waals surface area contributed by atoms with Crippen LogP contribution >= 0.6 is 23.2 Å². The average Bonchev–Trinajstić information content (AvgIpc) is 3.02. The first-order valence-corrected chi connectivity index (χ1v) is 12.4. The number of benzene rings is 3. The van der Waals surface area contributed by atoms with E-state index in [0.717, 1.165) is 29.5 Å². The highest BCUT2D eigenvalue weighted by molar-refractivity contribution is 6.40. The lowest BCUT2D eigenvalue weighted by atomic mass is 9.98. The predicted molar refractivity (Wildman–Crippen MR) is 141 cm³/mol. The largest absolute Gasteiger partial charge is 0.467 e. The van der Waals surface area contributed by atoms with E-state index in [1.807, 2.05) is 25.1 Å². The second-order valence-electron chi connectivity index (χ2n) is 8.70. The first-order valence-electron chi connectivity index (χ1n) is 11.6. The summed E-state index contributed by atoms with van der Waals surface area (Å²) in [6.45, 7) is 2.37. The molecule has 6 nitrogen and oxygen atoms in total. The quantitative estimate of drug-likeness (QED) is 0.418. The molecule has 1 N–H and O–H groups in total. The molecule has 0 aromatic heterocycles. The van der Waals surface area contributed by atoms with Crippen molar-refractivity contribution in [2.24, 2.45) is 0 Å². The SMILES string of the molecule is COC(=O)[C@H](Cc1ccc(NC(=O)c2c(Cl)cccc2Cl)cc1)N1CCCc2cccc(C)c2C1=O. The number of ether oxygens (including phenoxy) is 1. The predicted octanol–water partition coefficient (Wildman–Crippen LogP) is 5.73. The molecular formula is C28H26Cl2N2O4. The Kier molecular flexibility index (Phi) is 7.97. The molecule has 1 aliphatic heterocycles. The molecule has 0 unspecified atom stereocenters. The van der Waals surface area contributed by atoms with Crippen LogP contribution < -0.4 is 5.32 Å². The Morgan fingerprint density at radius 1 is 1.03 bits per heavy atom. The number of nitrogens with zero attached hydrogens (tertiary/aromatic N) is 1. The maximum absolute atomic E-state index is 13.5. The molecule has 0 spiro atoms. The Hall–Kier alpha value is -3.35. The summed E-state index contributed by atoms with van der Waals surface area (Å²) in [5.41, 5.74) is 4.13. The van der Waals surface area contributed by atoms with Crippen molar-refractivity contribution in [2.45, 2.75) is 32.2 Å². The van der Waals surface area contributed by atoms with Crippen molar-refractivity contribution in [3.63, 3.8) is 0 Å². The Bertz CT molecular complexity index is 1290. The van der Waals surface area contributed by atoms with Gasteiger partial charge in [0.1, 0.15) is 6.04 Å². The number of amides is 2. The van der Waals surface area contributed by atoms with Crippen LogP contribution in [0.25, 0.3) is 0 Å². The number of methoxy groups -OCH3 is 1. The molecule has 1 heterocycles. The monoisotopic (exact) mass is 524 g/mol. The minimum absolute atomic E-state index is 0.156. The van der Waals surface area contributed by atoms with Crippen LogP contribution in [-0.4, -0.2) is 42.4 Å². The summed E-state index contributed by atoms with van der Waals surface area (Å²) in [4.78, 5) is 40.6. The molecule has 0 saturated heterocycles. The number of carbonyl (C=O) groups is 3. The number of anilines is 1. The van der Waals surface area contributed by atoms with E-state index in [1.54, 1.807) is 47.4 Å². The van der Waals surface area contributed by atoms with Gasteiger partial charge in [0.25, 0.3) is 11.8 Å². The number of halogens is 2. The number of nitrogens with one attached hydrogen (secondary N) is 1. The highest BCUT2D eigenvalue weighted by atomic mass is 35.5. The molecular weight excluding hydrogens is 499 g/mol. The number of carbonyl (C=O) groups excluding carboxylic acids is 3. The van der Waals surface area contributed by atoms with Crippen molar-refractivity contribution in [3.8, 4) is 0 Å². The van der Waals surface area contributed by atoms with Crippen LogP contribution in [0.1, 0.15) is 43.8 Å². The van der Waals surface area contributed by atoms with Crippen molar-refractivity contribution in [3.05, 3.63) is 98.5 Å². The number of rotatable bonds is 6. The molecule has 8 heteroatoms. The Balaban J connectivity index is 1.54. The number of esters is 1. The van der Waals surface area contributed by atoms with Gasteiger partial charge in [-0.3, -0.25) is 9.59 Å². The minimum atomic E-state index is -0.768. The van der Waals surface area contributed by atoms with Crippen LogP contribution in [0, 0.1) is 6.92 Å². The van der Waals surface area contributed by atoms with E-state index in [2.05, 4.69) is 5.32 Å². The molecule has 0 bridgehead atoms. The van der Waals surface area contributed by atoms with Crippen LogP contribution in [0.2, 0.25) is 10.0 Å². The molecule has 0 radical (unpaired) electrons. The molecule has 3 aromatic rings. The molecule has 2 amide bonds. The standard InChI is InChI=1S/C28H26Cl2N2O4/c1-17-6-3-7-19-8-5-15-32(27(34)24(17)19)23(28(35)36-2)16-18-11-13-20(14-12-18)31-26(33)25-21(29)9-4-10-22(25)30/h3-4,6-7,9-14,23H,5,8,15-16H2,1-2H3,(H,31,33)/t23-/m0/s1. The summed E-state index contributed by atoms with van der Waals surface area (Å²) >= 11 is 12.3. The van der Waals surface area contributed by atoms with E-state index < -0.39 is 17.9 Å². The number of hydrogen-bond acceptors (Lipinski definition) is 4. The summed E-state index contributed by atoms with van der Waals surface area (Å²) < 4.78 is 5.08. The van der Waals surface area contributed by atoms with Crippen LogP contribution in [0.15, 0.2) is 60.7 Å². The maximum atomic E-state index is 13.5. The van der Waals surface area contributed by atoms with Gasteiger partial charge in [-0.05, 0) is 60.7 Å². The molecule has 1 atom stereocenters. The zero-order valence-electron chi connectivity index (χ0n) is 20.0. The molecule has 4 rings (SSSR count). The van der Waals surface area contributed by atoms with Crippen molar-refractivity contribution in [2.75, 3.05) is 19.0 Å². The van der Waals surface area contributed by atoms with Gasteiger partial charge >= 0.3 is 5.97 Å². The fourth-order valence-corrected chi connectivity index (χ4v) is 5.11. The summed E-state index contributed by atoms with van der Waals surface area (Å²) in [5, 5.41) is 3.31. The topological polar surface area (TPSA) is 75.7 Å². The molecule has 0 saturated carbocycles. The highest BCUT2D eigenvalue weighted by Crippen LogP contribution is 2.27. The van der Waals surface area contributed by atoms with Gasteiger partial charge in [-0.25, -0.2) is 4.79 Å². The van der Waals surface area contributed by atoms with Gasteiger partial charge in [0, 0.05) is 24.2 Å². The fourth-order valence-electron chi connectivity index (χ4n) is 4.54. The Morgan fingerprint density at radius 2 is 1.69 bits per heavy atom. The molecule has 1 aliphatic rings. The smallest absolute Gasteiger partial charge is 0.328 e. The van der Waals surface area contributed by atoms with Crippen molar-refractivity contribution < 1.29 is 19.1 Å². The van der Waals surface area contributed by atoms with Gasteiger partial charge in [0.2, 0.25) is 0 Å².